The van der Waals surface area contributed by atoms with Crippen molar-refractivity contribution in [2.75, 3.05) is 6.54 Å². The van der Waals surface area contributed by atoms with Crippen molar-refractivity contribution in [1.82, 2.24) is 10.2 Å². The fourth-order valence-corrected chi connectivity index (χ4v) is 2.86. The van der Waals surface area contributed by atoms with Crippen molar-refractivity contribution in [3.05, 3.63) is 70.8 Å². The number of amides is 3. The van der Waals surface area contributed by atoms with Crippen molar-refractivity contribution < 1.29 is 23.2 Å². The van der Waals surface area contributed by atoms with E-state index in [1.54, 1.807) is 0 Å². The van der Waals surface area contributed by atoms with Gasteiger partial charge in [-0.3, -0.25) is 14.5 Å². The standard InChI is InChI=1S/C19H13F2N3O3/c1-19(12-4-2-11(9-22)3-5-12)17(26)24(18(27)23-19)10-16(25)14-7-6-13(20)8-15(14)21/h2-8H,10H2,1H3,(H,23,27)/t19-/m0/s1. The maximum atomic E-state index is 13.8. The van der Waals surface area contributed by atoms with Crippen molar-refractivity contribution in [2.24, 2.45) is 0 Å². The van der Waals surface area contributed by atoms with Gasteiger partial charge < -0.3 is 5.32 Å². The first kappa shape index (κ1) is 18.2. The average molecular weight is 369 g/mol. The summed E-state index contributed by atoms with van der Waals surface area (Å²) >= 11 is 0. The maximum absolute atomic E-state index is 13.8. The van der Waals surface area contributed by atoms with E-state index in [1.807, 2.05) is 6.07 Å². The van der Waals surface area contributed by atoms with Gasteiger partial charge in [-0.25, -0.2) is 13.6 Å². The number of nitrogens with one attached hydrogen (secondary N) is 1. The number of imide groups is 1. The summed E-state index contributed by atoms with van der Waals surface area (Å²) in [6, 6.07) is 9.65. The van der Waals surface area contributed by atoms with Gasteiger partial charge in [0.05, 0.1) is 23.7 Å². The van der Waals surface area contributed by atoms with E-state index in [1.165, 1.54) is 31.2 Å². The molecule has 1 saturated heterocycles. The number of nitriles is 1. The Bertz CT molecular complexity index is 998. The van der Waals surface area contributed by atoms with Gasteiger partial charge in [0.2, 0.25) is 0 Å². The molecule has 0 spiro atoms. The van der Waals surface area contributed by atoms with Crippen LogP contribution in [0.25, 0.3) is 0 Å². The SMILES string of the molecule is C[C@@]1(c2ccc(C#N)cc2)NC(=O)N(CC(=O)c2ccc(F)cc2F)C1=O. The van der Waals surface area contributed by atoms with Crippen LogP contribution in [-0.4, -0.2) is 29.2 Å². The Balaban J connectivity index is 1.85. The molecule has 3 rings (SSSR count). The lowest BCUT2D eigenvalue weighted by Gasteiger charge is -2.22. The third-order valence-corrected chi connectivity index (χ3v) is 4.40. The van der Waals surface area contributed by atoms with Crippen LogP contribution in [0.3, 0.4) is 0 Å². The van der Waals surface area contributed by atoms with E-state index in [-0.39, 0.29) is 0 Å². The number of Topliss-reactive ketones (excluding diaryl/α,β-unsaturated/α-hetero) is 1. The Morgan fingerprint density at radius 1 is 1.19 bits per heavy atom. The molecule has 1 heterocycles. The molecule has 6 nitrogen and oxygen atoms in total. The summed E-state index contributed by atoms with van der Waals surface area (Å²) in [6.45, 7) is 0.788. The smallest absolute Gasteiger partial charge is 0.319 e. The summed E-state index contributed by atoms with van der Waals surface area (Å²) in [5, 5.41) is 11.4. The first-order chi connectivity index (χ1) is 12.8. The van der Waals surface area contributed by atoms with Crippen LogP contribution in [0.4, 0.5) is 13.6 Å². The highest BCUT2D eigenvalue weighted by molar-refractivity contribution is 6.11. The number of nitrogens with zero attached hydrogens (tertiary/aromatic N) is 2. The molecule has 136 valence electrons. The van der Waals surface area contributed by atoms with E-state index >= 15 is 0 Å². The fourth-order valence-electron chi connectivity index (χ4n) is 2.86. The molecule has 3 amide bonds. The topological polar surface area (TPSA) is 90.3 Å². The van der Waals surface area contributed by atoms with Crippen molar-refractivity contribution in [3.63, 3.8) is 0 Å². The molecule has 8 heteroatoms. The lowest BCUT2D eigenvalue weighted by atomic mass is 9.91. The van der Waals surface area contributed by atoms with Crippen molar-refractivity contribution in [1.29, 1.82) is 5.26 Å². The Morgan fingerprint density at radius 3 is 2.44 bits per heavy atom. The first-order valence-corrected chi connectivity index (χ1v) is 7.89. The van der Waals surface area contributed by atoms with Crippen molar-refractivity contribution in [2.45, 2.75) is 12.5 Å². The van der Waals surface area contributed by atoms with Gasteiger partial charge in [-0.2, -0.15) is 5.26 Å². The number of rotatable bonds is 4. The first-order valence-electron chi connectivity index (χ1n) is 7.89. The van der Waals surface area contributed by atoms with E-state index < -0.39 is 47.0 Å². The van der Waals surface area contributed by atoms with Gasteiger partial charge in [-0.05, 0) is 36.8 Å². The van der Waals surface area contributed by atoms with Crippen LogP contribution in [0.1, 0.15) is 28.4 Å². The number of carbonyl (C=O) groups excluding carboxylic acids is 3. The average Bonchev–Trinajstić information content (AvgIpc) is 2.85. The van der Waals surface area contributed by atoms with E-state index in [0.29, 0.717) is 22.1 Å². The summed E-state index contributed by atoms with van der Waals surface area (Å²) in [6.07, 6.45) is 0. The summed E-state index contributed by atoms with van der Waals surface area (Å²) < 4.78 is 26.7. The number of benzene rings is 2. The molecule has 0 radical (unpaired) electrons. The zero-order valence-corrected chi connectivity index (χ0v) is 14.1. The van der Waals surface area contributed by atoms with Crippen LogP contribution >= 0.6 is 0 Å². The quantitative estimate of drug-likeness (QED) is 0.662. The lowest BCUT2D eigenvalue weighted by Crippen LogP contribution is -2.41. The van der Waals surface area contributed by atoms with E-state index in [0.717, 1.165) is 12.1 Å². The molecule has 27 heavy (non-hydrogen) atoms. The van der Waals surface area contributed by atoms with E-state index in [9.17, 15) is 23.2 Å². The minimum atomic E-state index is -1.42. The van der Waals surface area contributed by atoms with Crippen LogP contribution in [0.5, 0.6) is 0 Å². The van der Waals surface area contributed by atoms with E-state index in [2.05, 4.69) is 5.32 Å². The number of hydrogen-bond acceptors (Lipinski definition) is 4. The highest BCUT2D eigenvalue weighted by atomic mass is 19.1. The zero-order chi connectivity index (χ0) is 19.8. The van der Waals surface area contributed by atoms with Gasteiger partial charge in [0, 0.05) is 6.07 Å². The van der Waals surface area contributed by atoms with Gasteiger partial charge in [0.25, 0.3) is 5.91 Å². The molecule has 1 fully saturated rings. The summed E-state index contributed by atoms with van der Waals surface area (Å²) in [7, 11) is 0. The summed E-state index contributed by atoms with van der Waals surface area (Å²) in [4.78, 5) is 38.0. The van der Waals surface area contributed by atoms with Crippen molar-refractivity contribution >= 4 is 17.7 Å². The summed E-state index contributed by atoms with van der Waals surface area (Å²) in [5.74, 6) is -3.43. The molecular formula is C19H13F2N3O3. The minimum absolute atomic E-state index is 0.387. The fraction of sp³-hybridized carbons (Fsp3) is 0.158. The van der Waals surface area contributed by atoms with Crippen molar-refractivity contribution in [3.8, 4) is 6.07 Å². The number of hydrogen-bond donors (Lipinski definition) is 1. The molecule has 1 aliphatic rings. The normalized spacial score (nSPS) is 19.0. The molecule has 1 atom stereocenters. The second kappa shape index (κ2) is 6.61. The minimum Gasteiger partial charge on any atom is -0.319 e. The molecule has 1 N–H and O–H groups in total. The lowest BCUT2D eigenvalue weighted by molar-refractivity contribution is -0.130. The monoisotopic (exact) mass is 369 g/mol. The highest BCUT2D eigenvalue weighted by Gasteiger charge is 2.49. The Labute approximate surface area is 153 Å². The third-order valence-electron chi connectivity index (χ3n) is 4.40. The van der Waals surface area contributed by atoms with Gasteiger partial charge in [-0.1, -0.05) is 12.1 Å². The Hall–Kier alpha value is -3.60. The van der Waals surface area contributed by atoms with E-state index in [4.69, 9.17) is 5.26 Å². The molecule has 2 aromatic carbocycles. The third kappa shape index (κ3) is 3.15. The molecule has 0 unspecified atom stereocenters. The summed E-state index contributed by atoms with van der Waals surface area (Å²) in [5.41, 5.74) is -1.02. The number of urea groups is 1. The number of carbonyl (C=O) groups is 3. The van der Waals surface area contributed by atoms with Crippen LogP contribution in [0.2, 0.25) is 0 Å². The second-order valence-corrected chi connectivity index (χ2v) is 6.18. The Kier molecular flexibility index (Phi) is 4.45. The van der Waals surface area contributed by atoms with Crippen LogP contribution in [-0.2, 0) is 10.3 Å². The molecule has 2 aromatic rings. The number of ketones is 1. The largest absolute Gasteiger partial charge is 0.325 e. The maximum Gasteiger partial charge on any atom is 0.325 e. The molecule has 0 aromatic heterocycles. The Morgan fingerprint density at radius 2 is 1.85 bits per heavy atom. The highest BCUT2D eigenvalue weighted by Crippen LogP contribution is 2.29. The predicted molar refractivity (Wildman–Crippen MR) is 89.4 cm³/mol. The molecule has 0 bridgehead atoms. The van der Waals surface area contributed by atoms with Crippen LogP contribution in [0, 0.1) is 23.0 Å². The van der Waals surface area contributed by atoms with Crippen LogP contribution < -0.4 is 5.32 Å². The van der Waals surface area contributed by atoms with Gasteiger partial charge in [0.15, 0.2) is 5.78 Å². The number of halogens is 2. The zero-order valence-electron chi connectivity index (χ0n) is 14.1. The predicted octanol–water partition coefficient (Wildman–Crippen LogP) is 2.49. The molecule has 0 aliphatic carbocycles. The molecule has 1 aliphatic heterocycles. The molecule has 0 saturated carbocycles. The molecular weight excluding hydrogens is 356 g/mol. The van der Waals surface area contributed by atoms with Gasteiger partial charge >= 0.3 is 6.03 Å². The van der Waals surface area contributed by atoms with Gasteiger partial charge in [-0.15, -0.1) is 0 Å². The second-order valence-electron chi connectivity index (χ2n) is 6.18. The van der Waals surface area contributed by atoms with Crippen LogP contribution in [0.15, 0.2) is 42.5 Å². The van der Waals surface area contributed by atoms with Gasteiger partial charge in [0.1, 0.15) is 17.2 Å².